The SMILES string of the molecule is COC[C@@H](O)CNc1cc(C)nc2ccc([N+](=O)[O-])cc12. The minimum absolute atomic E-state index is 0.00800. The molecule has 21 heavy (non-hydrogen) atoms. The zero-order chi connectivity index (χ0) is 15.4. The van der Waals surface area contributed by atoms with Crippen molar-refractivity contribution in [2.75, 3.05) is 25.6 Å². The number of nitro groups is 1. The van der Waals surface area contributed by atoms with Crippen LogP contribution in [0.2, 0.25) is 0 Å². The Labute approximate surface area is 121 Å². The number of aliphatic hydroxyl groups excluding tert-OH is 1. The molecule has 1 heterocycles. The van der Waals surface area contributed by atoms with Gasteiger partial charge in [-0.2, -0.15) is 0 Å². The van der Waals surface area contributed by atoms with Crippen molar-refractivity contribution in [1.29, 1.82) is 0 Å². The van der Waals surface area contributed by atoms with E-state index in [9.17, 15) is 15.2 Å². The molecule has 0 saturated carbocycles. The van der Waals surface area contributed by atoms with Crippen LogP contribution < -0.4 is 5.32 Å². The summed E-state index contributed by atoms with van der Waals surface area (Å²) in [6.45, 7) is 2.35. The molecule has 0 saturated heterocycles. The van der Waals surface area contributed by atoms with E-state index in [0.29, 0.717) is 16.6 Å². The van der Waals surface area contributed by atoms with Gasteiger partial charge in [0.15, 0.2) is 0 Å². The van der Waals surface area contributed by atoms with Gasteiger partial charge < -0.3 is 15.2 Å². The second-order valence-corrected chi connectivity index (χ2v) is 4.76. The first-order valence-corrected chi connectivity index (χ1v) is 6.48. The lowest BCUT2D eigenvalue weighted by molar-refractivity contribution is -0.384. The van der Waals surface area contributed by atoms with Crippen LogP contribution in [0.1, 0.15) is 5.69 Å². The second kappa shape index (κ2) is 6.47. The Bertz CT molecular complexity index is 660. The summed E-state index contributed by atoms with van der Waals surface area (Å²) < 4.78 is 4.86. The van der Waals surface area contributed by atoms with E-state index in [0.717, 1.165) is 5.69 Å². The number of nitrogens with one attached hydrogen (secondary N) is 1. The minimum atomic E-state index is -0.655. The van der Waals surface area contributed by atoms with Gasteiger partial charge in [0.05, 0.1) is 23.2 Å². The van der Waals surface area contributed by atoms with E-state index in [1.807, 2.05) is 6.92 Å². The van der Waals surface area contributed by atoms with Crippen LogP contribution in [0.15, 0.2) is 24.3 Å². The molecule has 7 heteroatoms. The number of hydrogen-bond donors (Lipinski definition) is 2. The number of fused-ring (bicyclic) bond motifs is 1. The second-order valence-electron chi connectivity index (χ2n) is 4.76. The van der Waals surface area contributed by atoms with Crippen molar-refractivity contribution in [1.82, 2.24) is 4.98 Å². The number of benzene rings is 1. The van der Waals surface area contributed by atoms with E-state index in [2.05, 4.69) is 10.3 Å². The van der Waals surface area contributed by atoms with Crippen molar-refractivity contribution in [3.63, 3.8) is 0 Å². The summed E-state index contributed by atoms with van der Waals surface area (Å²) in [5.74, 6) is 0. The third-order valence-corrected chi connectivity index (χ3v) is 3.02. The Balaban J connectivity index is 2.36. The van der Waals surface area contributed by atoms with Gasteiger partial charge in [0.1, 0.15) is 0 Å². The van der Waals surface area contributed by atoms with Gasteiger partial charge in [0.25, 0.3) is 5.69 Å². The van der Waals surface area contributed by atoms with Crippen LogP contribution in [0.3, 0.4) is 0 Å². The van der Waals surface area contributed by atoms with Gasteiger partial charge in [0, 0.05) is 42.6 Å². The molecular formula is C14H17N3O4. The Morgan fingerprint density at radius 3 is 2.90 bits per heavy atom. The lowest BCUT2D eigenvalue weighted by Crippen LogP contribution is -2.24. The topological polar surface area (TPSA) is 97.5 Å². The standard InChI is InChI=1S/C14H17N3O4/c1-9-5-14(15-7-11(18)8-21-2)12-6-10(17(19)20)3-4-13(12)16-9/h3-6,11,18H,7-8H2,1-2H3,(H,15,16)/t11-/m0/s1. The van der Waals surface area contributed by atoms with Crippen molar-refractivity contribution in [2.45, 2.75) is 13.0 Å². The van der Waals surface area contributed by atoms with E-state index >= 15 is 0 Å². The van der Waals surface area contributed by atoms with E-state index in [4.69, 9.17) is 4.74 Å². The largest absolute Gasteiger partial charge is 0.389 e. The van der Waals surface area contributed by atoms with E-state index in [1.165, 1.54) is 19.2 Å². The average Bonchev–Trinajstić information content (AvgIpc) is 2.44. The molecule has 0 spiro atoms. The first kappa shape index (κ1) is 15.1. The average molecular weight is 291 g/mol. The van der Waals surface area contributed by atoms with E-state index in [1.54, 1.807) is 12.1 Å². The number of nitrogens with zero attached hydrogens (tertiary/aromatic N) is 2. The van der Waals surface area contributed by atoms with Gasteiger partial charge in [-0.1, -0.05) is 0 Å². The van der Waals surface area contributed by atoms with Crippen molar-refractivity contribution in [3.05, 3.63) is 40.1 Å². The quantitative estimate of drug-likeness (QED) is 0.623. The number of aromatic nitrogens is 1. The fourth-order valence-electron chi connectivity index (χ4n) is 2.09. The van der Waals surface area contributed by atoms with Crippen LogP contribution in [0.25, 0.3) is 10.9 Å². The Morgan fingerprint density at radius 2 is 2.24 bits per heavy atom. The molecule has 2 rings (SSSR count). The number of aliphatic hydroxyl groups is 1. The van der Waals surface area contributed by atoms with Crippen molar-refractivity contribution >= 4 is 22.3 Å². The third kappa shape index (κ3) is 3.65. The van der Waals surface area contributed by atoms with Crippen molar-refractivity contribution in [2.24, 2.45) is 0 Å². The number of nitro benzene ring substituents is 1. The highest BCUT2D eigenvalue weighted by atomic mass is 16.6. The van der Waals surface area contributed by atoms with Crippen LogP contribution in [0.5, 0.6) is 0 Å². The normalized spacial score (nSPS) is 12.3. The highest BCUT2D eigenvalue weighted by molar-refractivity contribution is 5.93. The van der Waals surface area contributed by atoms with Gasteiger partial charge in [-0.05, 0) is 19.1 Å². The van der Waals surface area contributed by atoms with Crippen LogP contribution in [-0.4, -0.2) is 41.4 Å². The molecule has 0 unspecified atom stereocenters. The summed E-state index contributed by atoms with van der Waals surface area (Å²) in [5, 5.41) is 24.3. The Hall–Kier alpha value is -2.25. The number of pyridine rings is 1. The monoisotopic (exact) mass is 291 g/mol. The maximum absolute atomic E-state index is 10.9. The first-order valence-electron chi connectivity index (χ1n) is 6.48. The smallest absolute Gasteiger partial charge is 0.270 e. The van der Waals surface area contributed by atoms with Gasteiger partial charge in [-0.25, -0.2) is 0 Å². The van der Waals surface area contributed by atoms with Crippen molar-refractivity contribution < 1.29 is 14.8 Å². The number of rotatable bonds is 6. The molecule has 0 aliphatic rings. The Kier molecular flexibility index (Phi) is 4.66. The summed E-state index contributed by atoms with van der Waals surface area (Å²) >= 11 is 0. The summed E-state index contributed by atoms with van der Waals surface area (Å²) in [7, 11) is 1.51. The molecule has 7 nitrogen and oxygen atoms in total. The summed E-state index contributed by atoms with van der Waals surface area (Å²) in [6, 6.07) is 6.33. The molecule has 0 amide bonds. The minimum Gasteiger partial charge on any atom is -0.389 e. The number of methoxy groups -OCH3 is 1. The number of ether oxygens (including phenoxy) is 1. The number of anilines is 1. The highest BCUT2D eigenvalue weighted by Crippen LogP contribution is 2.27. The molecule has 1 aromatic heterocycles. The highest BCUT2D eigenvalue weighted by Gasteiger charge is 2.11. The lowest BCUT2D eigenvalue weighted by atomic mass is 10.1. The molecule has 2 N–H and O–H groups in total. The molecule has 1 atom stereocenters. The summed E-state index contributed by atoms with van der Waals surface area (Å²) in [6.07, 6.45) is -0.655. The van der Waals surface area contributed by atoms with Gasteiger partial charge >= 0.3 is 0 Å². The van der Waals surface area contributed by atoms with Gasteiger partial charge in [-0.3, -0.25) is 15.1 Å². The predicted molar refractivity (Wildman–Crippen MR) is 79.5 cm³/mol. The first-order chi connectivity index (χ1) is 10.0. The fourth-order valence-corrected chi connectivity index (χ4v) is 2.09. The molecular weight excluding hydrogens is 274 g/mol. The van der Waals surface area contributed by atoms with E-state index < -0.39 is 11.0 Å². The van der Waals surface area contributed by atoms with Crippen LogP contribution in [-0.2, 0) is 4.74 Å². The zero-order valence-electron chi connectivity index (χ0n) is 11.9. The van der Waals surface area contributed by atoms with Gasteiger partial charge in [-0.15, -0.1) is 0 Å². The predicted octanol–water partition coefficient (Wildman–Crippen LogP) is 1.87. The molecule has 1 aromatic carbocycles. The fraction of sp³-hybridized carbons (Fsp3) is 0.357. The molecule has 0 radical (unpaired) electrons. The number of aryl methyl sites for hydroxylation is 1. The van der Waals surface area contributed by atoms with Crippen LogP contribution in [0.4, 0.5) is 11.4 Å². The third-order valence-electron chi connectivity index (χ3n) is 3.02. The van der Waals surface area contributed by atoms with Gasteiger partial charge in [0.2, 0.25) is 0 Å². The number of non-ortho nitro benzene ring substituents is 1. The summed E-state index contributed by atoms with van der Waals surface area (Å²) in [4.78, 5) is 14.8. The molecule has 2 aromatic rings. The lowest BCUT2D eigenvalue weighted by Gasteiger charge is -2.14. The molecule has 0 aliphatic carbocycles. The number of hydrogen-bond acceptors (Lipinski definition) is 6. The maximum atomic E-state index is 10.9. The molecule has 0 bridgehead atoms. The molecule has 112 valence electrons. The molecule has 0 aliphatic heterocycles. The molecule has 0 fully saturated rings. The van der Waals surface area contributed by atoms with Crippen LogP contribution >= 0.6 is 0 Å². The zero-order valence-corrected chi connectivity index (χ0v) is 11.9. The van der Waals surface area contributed by atoms with E-state index in [-0.39, 0.29) is 18.8 Å². The summed E-state index contributed by atoms with van der Waals surface area (Å²) in [5.41, 5.74) is 2.18. The maximum Gasteiger partial charge on any atom is 0.270 e. The Morgan fingerprint density at radius 1 is 1.48 bits per heavy atom. The van der Waals surface area contributed by atoms with Crippen LogP contribution in [0, 0.1) is 17.0 Å². The van der Waals surface area contributed by atoms with Crippen molar-refractivity contribution in [3.8, 4) is 0 Å².